The van der Waals surface area contributed by atoms with E-state index >= 15 is 0 Å². The van der Waals surface area contributed by atoms with Crippen LogP contribution in [0.2, 0.25) is 0 Å². The van der Waals surface area contributed by atoms with Gasteiger partial charge < -0.3 is 9.80 Å². The minimum absolute atomic E-state index is 0.341. The molecule has 1 aromatic carbocycles. The monoisotopic (exact) mass is 342 g/mol. The number of hydrogen-bond acceptors (Lipinski definition) is 2. The summed E-state index contributed by atoms with van der Waals surface area (Å²) in [4.78, 5) is 17.4. The lowest BCUT2D eigenvalue weighted by Crippen LogP contribution is -2.37. The molecular weight excluding hydrogens is 308 g/mol. The molecule has 0 N–H and O–H groups in total. The second-order valence-electron chi connectivity index (χ2n) is 8.54. The van der Waals surface area contributed by atoms with Crippen LogP contribution in [0.1, 0.15) is 56.6 Å². The molecule has 0 aromatic heterocycles. The van der Waals surface area contributed by atoms with Gasteiger partial charge in [0.05, 0.1) is 0 Å². The summed E-state index contributed by atoms with van der Waals surface area (Å²) < 4.78 is 0. The van der Waals surface area contributed by atoms with Gasteiger partial charge in [0.15, 0.2) is 0 Å². The summed E-state index contributed by atoms with van der Waals surface area (Å²) in [6, 6.07) is 8.98. The van der Waals surface area contributed by atoms with Gasteiger partial charge in [-0.25, -0.2) is 0 Å². The van der Waals surface area contributed by atoms with Crippen molar-refractivity contribution in [2.24, 2.45) is 11.8 Å². The van der Waals surface area contributed by atoms with Gasteiger partial charge in [-0.1, -0.05) is 50.1 Å². The molecule has 0 unspecified atom stereocenters. The fraction of sp³-hybridized carbons (Fsp3) is 0.682. The third-order valence-electron chi connectivity index (χ3n) is 5.82. The molecule has 1 aromatic rings. The fourth-order valence-electron chi connectivity index (χ4n) is 4.40. The average Bonchev–Trinajstić information content (AvgIpc) is 3.00. The number of carbonyl (C=O) groups excluding carboxylic acids is 1. The molecule has 3 nitrogen and oxygen atoms in total. The number of piperidine rings is 1. The Balaban J connectivity index is 1.73. The third kappa shape index (κ3) is 4.84. The van der Waals surface area contributed by atoms with Crippen molar-refractivity contribution in [2.75, 3.05) is 32.7 Å². The number of hydrogen-bond donors (Lipinski definition) is 0. The molecule has 2 heterocycles. The number of benzene rings is 1. The molecule has 2 fully saturated rings. The van der Waals surface area contributed by atoms with Crippen molar-refractivity contribution in [2.45, 2.75) is 52.4 Å². The van der Waals surface area contributed by atoms with E-state index in [4.69, 9.17) is 0 Å². The van der Waals surface area contributed by atoms with Gasteiger partial charge >= 0.3 is 0 Å². The number of likely N-dealkylation sites (tertiary alicyclic amines) is 2. The number of rotatable bonds is 5. The molecule has 0 spiro atoms. The highest BCUT2D eigenvalue weighted by molar-refractivity contribution is 5.76. The Kier molecular flexibility index (Phi) is 6.16. The summed E-state index contributed by atoms with van der Waals surface area (Å²) in [6.45, 7) is 11.8. The van der Waals surface area contributed by atoms with Gasteiger partial charge in [0.2, 0.25) is 5.91 Å². The summed E-state index contributed by atoms with van der Waals surface area (Å²) in [5.41, 5.74) is 2.72. The lowest BCUT2D eigenvalue weighted by molar-refractivity contribution is -0.131. The predicted molar refractivity (Wildman–Crippen MR) is 104 cm³/mol. The third-order valence-corrected chi connectivity index (χ3v) is 5.82. The first-order valence-electron chi connectivity index (χ1n) is 10.1. The number of aryl methyl sites for hydroxylation is 1. The lowest BCUT2D eigenvalue weighted by Gasteiger charge is -2.31. The number of nitrogens with zero attached hydrogens (tertiary/aromatic N) is 2. The van der Waals surface area contributed by atoms with Crippen LogP contribution in [0.3, 0.4) is 0 Å². The van der Waals surface area contributed by atoms with Crippen molar-refractivity contribution >= 4 is 5.91 Å². The Hall–Kier alpha value is -1.35. The van der Waals surface area contributed by atoms with Crippen LogP contribution in [0.15, 0.2) is 24.3 Å². The minimum Gasteiger partial charge on any atom is -0.342 e. The van der Waals surface area contributed by atoms with Gasteiger partial charge in [-0.15, -0.1) is 0 Å². The highest BCUT2D eigenvalue weighted by Gasteiger charge is 2.37. The molecule has 0 aliphatic carbocycles. The van der Waals surface area contributed by atoms with Crippen LogP contribution >= 0.6 is 0 Å². The molecule has 1 amide bonds. The Morgan fingerprint density at radius 3 is 2.40 bits per heavy atom. The van der Waals surface area contributed by atoms with Crippen molar-refractivity contribution in [3.8, 4) is 0 Å². The van der Waals surface area contributed by atoms with Gasteiger partial charge in [-0.3, -0.25) is 4.79 Å². The van der Waals surface area contributed by atoms with E-state index in [9.17, 15) is 4.79 Å². The van der Waals surface area contributed by atoms with Crippen molar-refractivity contribution in [3.05, 3.63) is 35.4 Å². The molecule has 138 valence electrons. The van der Waals surface area contributed by atoms with Crippen LogP contribution in [-0.2, 0) is 4.79 Å². The first kappa shape index (κ1) is 18.4. The molecule has 25 heavy (non-hydrogen) atoms. The number of amides is 1. The molecule has 0 bridgehead atoms. The van der Waals surface area contributed by atoms with Crippen LogP contribution in [0.25, 0.3) is 0 Å². The zero-order chi connectivity index (χ0) is 17.8. The second-order valence-corrected chi connectivity index (χ2v) is 8.54. The maximum atomic E-state index is 12.6. The molecule has 2 aliphatic rings. The van der Waals surface area contributed by atoms with Gasteiger partial charge in [0.25, 0.3) is 0 Å². The smallest absolute Gasteiger partial charge is 0.222 e. The van der Waals surface area contributed by atoms with E-state index in [0.717, 1.165) is 19.6 Å². The van der Waals surface area contributed by atoms with E-state index in [1.165, 1.54) is 43.5 Å². The van der Waals surface area contributed by atoms with Crippen molar-refractivity contribution in [3.63, 3.8) is 0 Å². The van der Waals surface area contributed by atoms with Crippen LogP contribution in [0.4, 0.5) is 0 Å². The molecule has 2 saturated heterocycles. The molecule has 0 radical (unpaired) electrons. The topological polar surface area (TPSA) is 23.6 Å². The van der Waals surface area contributed by atoms with E-state index in [-0.39, 0.29) is 0 Å². The number of carbonyl (C=O) groups is 1. The van der Waals surface area contributed by atoms with E-state index in [1.807, 2.05) is 0 Å². The first-order valence-corrected chi connectivity index (χ1v) is 10.1. The summed E-state index contributed by atoms with van der Waals surface area (Å²) in [7, 11) is 0. The first-order chi connectivity index (χ1) is 12.0. The van der Waals surface area contributed by atoms with Gasteiger partial charge in [0, 0.05) is 32.0 Å². The van der Waals surface area contributed by atoms with E-state index < -0.39 is 0 Å². The van der Waals surface area contributed by atoms with Crippen LogP contribution in [-0.4, -0.2) is 48.4 Å². The van der Waals surface area contributed by atoms with Crippen LogP contribution in [0.5, 0.6) is 0 Å². The average molecular weight is 343 g/mol. The molecule has 3 heteroatoms. The summed E-state index contributed by atoms with van der Waals surface area (Å²) in [5.74, 6) is 1.83. The summed E-state index contributed by atoms with van der Waals surface area (Å²) >= 11 is 0. The molecule has 2 aliphatic heterocycles. The van der Waals surface area contributed by atoms with E-state index in [1.54, 1.807) is 0 Å². The SMILES string of the molecule is Cc1ccc([C@H]2CN(C(=O)CC(C)C)C[C@H]2CN2CCCCC2)cc1. The zero-order valence-corrected chi connectivity index (χ0v) is 16.2. The predicted octanol–water partition coefficient (Wildman–Crippen LogP) is 4.07. The summed E-state index contributed by atoms with van der Waals surface area (Å²) in [6.07, 6.45) is 4.72. The molecule has 0 saturated carbocycles. The highest BCUT2D eigenvalue weighted by atomic mass is 16.2. The van der Waals surface area contributed by atoms with E-state index in [2.05, 4.69) is 54.8 Å². The maximum absolute atomic E-state index is 12.6. The van der Waals surface area contributed by atoms with Crippen molar-refractivity contribution < 1.29 is 4.79 Å². The van der Waals surface area contributed by atoms with Crippen LogP contribution in [0, 0.1) is 18.8 Å². The quantitative estimate of drug-likeness (QED) is 0.805. The van der Waals surface area contributed by atoms with Crippen LogP contribution < -0.4 is 0 Å². The Bertz CT molecular complexity index is 560. The standard InChI is InChI=1S/C22H34N2O/c1-17(2)13-22(25)24-15-20(14-23-11-5-4-6-12-23)21(16-24)19-9-7-18(3)8-10-19/h7-10,17,20-21H,4-6,11-16H2,1-3H3/t20-,21-/m1/s1. The zero-order valence-electron chi connectivity index (χ0n) is 16.2. The maximum Gasteiger partial charge on any atom is 0.222 e. The molecular formula is C22H34N2O. The summed E-state index contributed by atoms with van der Waals surface area (Å²) in [5, 5.41) is 0. The van der Waals surface area contributed by atoms with E-state index in [0.29, 0.717) is 30.1 Å². The minimum atomic E-state index is 0.341. The Morgan fingerprint density at radius 2 is 1.76 bits per heavy atom. The van der Waals surface area contributed by atoms with Gasteiger partial charge in [-0.05, 0) is 50.3 Å². The van der Waals surface area contributed by atoms with Gasteiger partial charge in [-0.2, -0.15) is 0 Å². The highest BCUT2D eigenvalue weighted by Crippen LogP contribution is 2.34. The largest absolute Gasteiger partial charge is 0.342 e. The van der Waals surface area contributed by atoms with Gasteiger partial charge in [0.1, 0.15) is 0 Å². The molecule has 3 rings (SSSR count). The molecule has 2 atom stereocenters. The Labute approximate surface area is 153 Å². The van der Waals surface area contributed by atoms with Crippen molar-refractivity contribution in [1.82, 2.24) is 9.80 Å². The van der Waals surface area contributed by atoms with Crippen molar-refractivity contribution in [1.29, 1.82) is 0 Å². The Morgan fingerprint density at radius 1 is 1.08 bits per heavy atom. The second kappa shape index (κ2) is 8.35. The normalized spacial score (nSPS) is 24.9. The fourth-order valence-corrected chi connectivity index (χ4v) is 4.40. The lowest BCUT2D eigenvalue weighted by atomic mass is 9.88.